The second kappa shape index (κ2) is 3.81. The van der Waals surface area contributed by atoms with Crippen molar-refractivity contribution in [3.05, 3.63) is 42.0 Å². The second-order valence-electron chi connectivity index (χ2n) is 3.02. The maximum absolute atomic E-state index is 11.0. The third-order valence-electron chi connectivity index (χ3n) is 2.19. The van der Waals surface area contributed by atoms with E-state index >= 15 is 0 Å². The molecule has 4 heteroatoms. The molecule has 1 unspecified atom stereocenters. The van der Waals surface area contributed by atoms with Crippen LogP contribution >= 0.6 is 0 Å². The van der Waals surface area contributed by atoms with Crippen molar-refractivity contribution in [2.24, 2.45) is 0 Å². The summed E-state index contributed by atoms with van der Waals surface area (Å²) in [7, 11) is 0. The summed E-state index contributed by atoms with van der Waals surface area (Å²) in [6, 6.07) is 12.2. The van der Waals surface area contributed by atoms with Gasteiger partial charge < -0.3 is 4.55 Å². The average Bonchev–Trinajstić information content (AvgIpc) is 2.27. The maximum Gasteiger partial charge on any atom is 0.187 e. The van der Waals surface area contributed by atoms with Crippen LogP contribution in [0.25, 0.3) is 10.8 Å². The Hall–Kier alpha value is -1.70. The molecule has 0 spiro atoms. The third kappa shape index (κ3) is 1.63. The van der Waals surface area contributed by atoms with Crippen LogP contribution < -0.4 is 0 Å². The monoisotopic (exact) mass is 217 g/mol. The van der Waals surface area contributed by atoms with Crippen molar-refractivity contribution in [3.63, 3.8) is 0 Å². The van der Waals surface area contributed by atoms with Gasteiger partial charge >= 0.3 is 0 Å². The van der Waals surface area contributed by atoms with E-state index in [-0.39, 0.29) is 0 Å². The van der Waals surface area contributed by atoms with E-state index in [4.69, 9.17) is 9.81 Å². The standard InChI is InChI=1S/C11H7NO2S/c12-7-8-3-1-5-10-9(8)4-2-6-11(10)15(13)14/h1-6H,(H,13,14). The van der Waals surface area contributed by atoms with Crippen LogP contribution in [0.15, 0.2) is 41.3 Å². The van der Waals surface area contributed by atoms with Crippen LogP contribution in [0.1, 0.15) is 5.56 Å². The molecule has 0 aliphatic heterocycles. The van der Waals surface area contributed by atoms with Gasteiger partial charge in [0.15, 0.2) is 11.1 Å². The van der Waals surface area contributed by atoms with Gasteiger partial charge in [0.05, 0.1) is 16.5 Å². The van der Waals surface area contributed by atoms with E-state index in [0.29, 0.717) is 21.2 Å². The SMILES string of the molecule is N#Cc1cccc2c(S(=O)O)cccc12. The molecule has 0 saturated heterocycles. The fourth-order valence-corrected chi connectivity index (χ4v) is 2.09. The van der Waals surface area contributed by atoms with Gasteiger partial charge in [-0.1, -0.05) is 24.3 Å². The van der Waals surface area contributed by atoms with E-state index in [0.717, 1.165) is 0 Å². The molecule has 2 aromatic carbocycles. The molecule has 0 aromatic heterocycles. The number of hydrogen-bond acceptors (Lipinski definition) is 2. The number of rotatable bonds is 1. The minimum atomic E-state index is -2.02. The van der Waals surface area contributed by atoms with Crippen LogP contribution in [0.3, 0.4) is 0 Å². The molecular formula is C11H7NO2S. The lowest BCUT2D eigenvalue weighted by Crippen LogP contribution is -1.90. The van der Waals surface area contributed by atoms with E-state index in [1.165, 1.54) is 0 Å². The molecule has 15 heavy (non-hydrogen) atoms. The topological polar surface area (TPSA) is 61.1 Å². The first-order valence-electron chi connectivity index (χ1n) is 4.27. The molecule has 1 N–H and O–H groups in total. The van der Waals surface area contributed by atoms with E-state index in [9.17, 15) is 4.21 Å². The molecule has 0 aliphatic rings. The largest absolute Gasteiger partial charge is 0.302 e. The first-order chi connectivity index (χ1) is 7.24. The zero-order valence-electron chi connectivity index (χ0n) is 7.68. The number of fused-ring (bicyclic) bond motifs is 1. The highest BCUT2D eigenvalue weighted by Gasteiger charge is 2.07. The molecule has 2 rings (SSSR count). The summed E-state index contributed by atoms with van der Waals surface area (Å²) < 4.78 is 20.1. The summed E-state index contributed by atoms with van der Waals surface area (Å²) >= 11 is -2.02. The van der Waals surface area contributed by atoms with E-state index in [2.05, 4.69) is 6.07 Å². The molecule has 2 aromatic rings. The summed E-state index contributed by atoms with van der Waals surface area (Å²) in [6.07, 6.45) is 0. The van der Waals surface area contributed by atoms with Crippen molar-refractivity contribution in [3.8, 4) is 6.07 Å². The Morgan fingerprint density at radius 3 is 2.47 bits per heavy atom. The van der Waals surface area contributed by atoms with Gasteiger partial charge in [-0.15, -0.1) is 0 Å². The fraction of sp³-hybridized carbons (Fsp3) is 0. The fourth-order valence-electron chi connectivity index (χ4n) is 1.53. The first-order valence-corrected chi connectivity index (χ1v) is 5.37. The molecule has 0 radical (unpaired) electrons. The molecule has 0 amide bonds. The van der Waals surface area contributed by atoms with Crippen molar-refractivity contribution in [2.75, 3.05) is 0 Å². The molecule has 3 nitrogen and oxygen atoms in total. The van der Waals surface area contributed by atoms with Crippen LogP contribution in [0.2, 0.25) is 0 Å². The van der Waals surface area contributed by atoms with Gasteiger partial charge in [0.1, 0.15) is 0 Å². The smallest absolute Gasteiger partial charge is 0.187 e. The Morgan fingerprint density at radius 2 is 1.80 bits per heavy atom. The Morgan fingerprint density at radius 1 is 1.13 bits per heavy atom. The third-order valence-corrected chi connectivity index (χ3v) is 2.92. The van der Waals surface area contributed by atoms with E-state index < -0.39 is 11.1 Å². The number of nitrogens with zero attached hydrogens (tertiary/aromatic N) is 1. The van der Waals surface area contributed by atoms with Gasteiger partial charge in [0, 0.05) is 10.8 Å². The van der Waals surface area contributed by atoms with Crippen molar-refractivity contribution >= 4 is 21.9 Å². The first kappa shape index (κ1) is 9.84. The lowest BCUT2D eigenvalue weighted by molar-refractivity contribution is 0.565. The highest BCUT2D eigenvalue weighted by atomic mass is 32.2. The maximum atomic E-state index is 11.0. The molecule has 1 atom stereocenters. The van der Waals surface area contributed by atoms with Crippen molar-refractivity contribution in [2.45, 2.75) is 4.90 Å². The Labute approximate surface area is 89.2 Å². The second-order valence-corrected chi connectivity index (χ2v) is 3.96. The molecule has 0 saturated carbocycles. The van der Waals surface area contributed by atoms with Crippen molar-refractivity contribution < 1.29 is 8.76 Å². The van der Waals surface area contributed by atoms with Crippen molar-refractivity contribution in [1.29, 1.82) is 5.26 Å². The predicted molar refractivity (Wildman–Crippen MR) is 57.7 cm³/mol. The van der Waals surface area contributed by atoms with Gasteiger partial charge in [-0.05, 0) is 12.1 Å². The van der Waals surface area contributed by atoms with E-state index in [1.807, 2.05) is 0 Å². The van der Waals surface area contributed by atoms with Gasteiger partial charge in [0.25, 0.3) is 0 Å². The van der Waals surface area contributed by atoms with Crippen LogP contribution in [-0.2, 0) is 11.1 Å². The van der Waals surface area contributed by atoms with Crippen molar-refractivity contribution in [1.82, 2.24) is 0 Å². The van der Waals surface area contributed by atoms with Gasteiger partial charge in [-0.3, -0.25) is 0 Å². The van der Waals surface area contributed by atoms with Gasteiger partial charge in [-0.2, -0.15) is 5.26 Å². The van der Waals surface area contributed by atoms with E-state index in [1.54, 1.807) is 36.4 Å². The quantitative estimate of drug-likeness (QED) is 0.745. The lowest BCUT2D eigenvalue weighted by Gasteiger charge is -2.03. The molecule has 0 bridgehead atoms. The molecule has 0 fully saturated rings. The number of nitriles is 1. The normalized spacial score (nSPS) is 12.3. The highest BCUT2D eigenvalue weighted by molar-refractivity contribution is 7.79. The lowest BCUT2D eigenvalue weighted by atomic mass is 10.1. The summed E-state index contributed by atoms with van der Waals surface area (Å²) in [5, 5.41) is 10.2. The highest BCUT2D eigenvalue weighted by Crippen LogP contribution is 2.23. The summed E-state index contributed by atoms with van der Waals surface area (Å²) in [6.45, 7) is 0. The summed E-state index contributed by atoms with van der Waals surface area (Å²) in [4.78, 5) is 0.338. The van der Waals surface area contributed by atoms with Crippen LogP contribution in [-0.4, -0.2) is 8.76 Å². The minimum absolute atomic E-state index is 0.338. The van der Waals surface area contributed by atoms with Gasteiger partial charge in [0.2, 0.25) is 0 Å². The van der Waals surface area contributed by atoms with Crippen LogP contribution in [0.4, 0.5) is 0 Å². The summed E-state index contributed by atoms with van der Waals surface area (Å²) in [5.74, 6) is 0. The number of hydrogen-bond donors (Lipinski definition) is 1. The summed E-state index contributed by atoms with van der Waals surface area (Å²) in [5.41, 5.74) is 0.514. The average molecular weight is 217 g/mol. The predicted octanol–water partition coefficient (Wildman–Crippen LogP) is 2.29. The number of benzene rings is 2. The minimum Gasteiger partial charge on any atom is -0.302 e. The molecular weight excluding hydrogens is 210 g/mol. The van der Waals surface area contributed by atoms with Crippen LogP contribution in [0, 0.1) is 11.3 Å². The Kier molecular flexibility index (Phi) is 2.50. The van der Waals surface area contributed by atoms with Crippen LogP contribution in [0.5, 0.6) is 0 Å². The molecule has 0 aliphatic carbocycles. The van der Waals surface area contributed by atoms with Gasteiger partial charge in [-0.25, -0.2) is 4.21 Å². The Bertz CT molecular complexity index is 587. The molecule has 74 valence electrons. The molecule has 0 heterocycles. The zero-order valence-corrected chi connectivity index (χ0v) is 8.49. The zero-order chi connectivity index (χ0) is 10.8. The Balaban J connectivity index is 2.90.